The van der Waals surface area contributed by atoms with Crippen LogP contribution in [0.4, 0.5) is 0 Å². The summed E-state index contributed by atoms with van der Waals surface area (Å²) in [4.78, 5) is 12.1. The summed E-state index contributed by atoms with van der Waals surface area (Å²) in [7, 11) is 0. The molecule has 1 aliphatic rings. The van der Waals surface area contributed by atoms with Crippen molar-refractivity contribution in [2.24, 2.45) is 0 Å². The van der Waals surface area contributed by atoms with Gasteiger partial charge in [-0.25, -0.2) is 0 Å². The summed E-state index contributed by atoms with van der Waals surface area (Å²) < 4.78 is 1.86. The predicted octanol–water partition coefficient (Wildman–Crippen LogP) is 1.75. The van der Waals surface area contributed by atoms with Crippen LogP contribution in [-0.2, 0) is 0 Å². The summed E-state index contributed by atoms with van der Waals surface area (Å²) in [5, 5.41) is 24.2. The number of nitrogens with zero attached hydrogens (tertiary/aromatic N) is 2. The molecule has 1 saturated heterocycles. The number of hydrogen-bond donors (Lipinski definition) is 3. The van der Waals surface area contributed by atoms with Crippen molar-refractivity contribution >= 4 is 29.7 Å². The average molecular weight is 357 g/mol. The number of aliphatic hydroxyl groups is 1. The van der Waals surface area contributed by atoms with Gasteiger partial charge in [0, 0.05) is 19.3 Å². The lowest BCUT2D eigenvalue weighted by atomic mass is 10.1. The number of aliphatic hydroxyl groups excluding tert-OH is 1. The second kappa shape index (κ2) is 8.44. The molecule has 8 heteroatoms. The number of halogens is 1. The van der Waals surface area contributed by atoms with Crippen LogP contribution in [0.15, 0.2) is 29.1 Å². The quantitative estimate of drug-likeness (QED) is 0.762. The molecule has 0 aromatic carbocycles. The molecule has 3 rings (SSSR count). The molecule has 0 radical (unpaired) electrons. The number of rotatable bonds is 5. The number of nitrogens with one attached hydrogen (secondary N) is 2. The standard InChI is InChI=1S/C15H20N4O2S.ClH/c20-14(11-4-7-22-10-11)9-17-15(21)13-3-6-19(18-13)12-2-1-5-16-8-12;/h3-4,6-7,10,12,14,16,20H,1-2,5,8-9H2,(H,17,21);1H. The monoisotopic (exact) mass is 356 g/mol. The first-order chi connectivity index (χ1) is 10.7. The van der Waals surface area contributed by atoms with Crippen LogP contribution in [0.5, 0.6) is 0 Å². The van der Waals surface area contributed by atoms with Gasteiger partial charge >= 0.3 is 0 Å². The molecule has 2 aromatic heterocycles. The Morgan fingerprint density at radius 2 is 2.43 bits per heavy atom. The minimum atomic E-state index is -0.681. The summed E-state index contributed by atoms with van der Waals surface area (Å²) in [5.41, 5.74) is 1.22. The van der Waals surface area contributed by atoms with Crippen molar-refractivity contribution in [2.45, 2.75) is 25.0 Å². The van der Waals surface area contributed by atoms with Gasteiger partial charge in [0.15, 0.2) is 0 Å². The van der Waals surface area contributed by atoms with Crippen molar-refractivity contribution in [2.75, 3.05) is 19.6 Å². The summed E-state index contributed by atoms with van der Waals surface area (Å²) >= 11 is 1.52. The van der Waals surface area contributed by atoms with Crippen LogP contribution in [0.3, 0.4) is 0 Å². The predicted molar refractivity (Wildman–Crippen MR) is 92.2 cm³/mol. The van der Waals surface area contributed by atoms with Crippen LogP contribution in [0, 0.1) is 0 Å². The van der Waals surface area contributed by atoms with Gasteiger partial charge in [0.1, 0.15) is 5.69 Å². The van der Waals surface area contributed by atoms with E-state index in [9.17, 15) is 9.90 Å². The smallest absolute Gasteiger partial charge is 0.271 e. The summed E-state index contributed by atoms with van der Waals surface area (Å²) in [6, 6.07) is 3.89. The van der Waals surface area contributed by atoms with E-state index >= 15 is 0 Å². The lowest BCUT2D eigenvalue weighted by Gasteiger charge is -2.22. The number of carbonyl (C=O) groups excluding carboxylic acids is 1. The van der Waals surface area contributed by atoms with E-state index in [1.165, 1.54) is 11.3 Å². The van der Waals surface area contributed by atoms with E-state index in [1.54, 1.807) is 6.07 Å². The van der Waals surface area contributed by atoms with Gasteiger partial charge in [-0.2, -0.15) is 16.4 Å². The Balaban J connectivity index is 0.00000192. The van der Waals surface area contributed by atoms with Gasteiger partial charge in [-0.15, -0.1) is 12.4 Å². The highest BCUT2D eigenvalue weighted by Crippen LogP contribution is 2.17. The Bertz CT molecular complexity index is 611. The van der Waals surface area contributed by atoms with Crippen LogP contribution in [0.2, 0.25) is 0 Å². The van der Waals surface area contributed by atoms with E-state index in [2.05, 4.69) is 15.7 Å². The molecule has 2 aromatic rings. The zero-order valence-electron chi connectivity index (χ0n) is 12.6. The Morgan fingerprint density at radius 3 is 3.13 bits per heavy atom. The van der Waals surface area contributed by atoms with Crippen LogP contribution >= 0.6 is 23.7 Å². The first-order valence-electron chi connectivity index (χ1n) is 7.48. The van der Waals surface area contributed by atoms with Crippen LogP contribution in [0.1, 0.15) is 41.0 Å². The second-order valence-electron chi connectivity index (χ2n) is 5.46. The highest BCUT2D eigenvalue weighted by molar-refractivity contribution is 7.07. The molecule has 126 valence electrons. The van der Waals surface area contributed by atoms with Crippen LogP contribution in [-0.4, -0.2) is 40.4 Å². The van der Waals surface area contributed by atoms with Crippen molar-refractivity contribution in [3.8, 4) is 0 Å². The lowest BCUT2D eigenvalue weighted by Crippen LogP contribution is -2.32. The minimum absolute atomic E-state index is 0. The maximum atomic E-state index is 12.1. The highest BCUT2D eigenvalue weighted by Gasteiger charge is 2.18. The van der Waals surface area contributed by atoms with Gasteiger partial charge < -0.3 is 15.7 Å². The Morgan fingerprint density at radius 1 is 1.57 bits per heavy atom. The van der Waals surface area contributed by atoms with E-state index in [4.69, 9.17) is 0 Å². The third-order valence-electron chi connectivity index (χ3n) is 3.87. The van der Waals surface area contributed by atoms with E-state index < -0.39 is 6.10 Å². The Labute approximate surface area is 145 Å². The van der Waals surface area contributed by atoms with Gasteiger partial charge in [0.25, 0.3) is 5.91 Å². The lowest BCUT2D eigenvalue weighted by molar-refractivity contribution is 0.0910. The second-order valence-corrected chi connectivity index (χ2v) is 6.24. The number of amides is 1. The third kappa shape index (κ3) is 4.54. The molecule has 23 heavy (non-hydrogen) atoms. The molecule has 0 bridgehead atoms. The van der Waals surface area contributed by atoms with Crippen molar-refractivity contribution in [3.05, 3.63) is 40.3 Å². The molecule has 1 fully saturated rings. The van der Waals surface area contributed by atoms with E-state index in [0.29, 0.717) is 11.7 Å². The van der Waals surface area contributed by atoms with Crippen LogP contribution < -0.4 is 10.6 Å². The summed E-state index contributed by atoms with van der Waals surface area (Å²) in [6.07, 6.45) is 3.37. The number of piperidine rings is 1. The molecule has 3 heterocycles. The first-order valence-corrected chi connectivity index (χ1v) is 8.42. The molecule has 1 amide bonds. The van der Waals surface area contributed by atoms with Gasteiger partial charge in [-0.1, -0.05) is 0 Å². The van der Waals surface area contributed by atoms with E-state index in [1.807, 2.05) is 27.7 Å². The molecule has 0 aliphatic carbocycles. The van der Waals surface area contributed by atoms with Crippen LogP contribution in [0.25, 0.3) is 0 Å². The van der Waals surface area contributed by atoms with Crippen molar-refractivity contribution in [3.63, 3.8) is 0 Å². The van der Waals surface area contributed by atoms with Crippen molar-refractivity contribution in [1.82, 2.24) is 20.4 Å². The molecule has 0 saturated carbocycles. The summed E-state index contributed by atoms with van der Waals surface area (Å²) in [6.45, 7) is 2.12. The largest absolute Gasteiger partial charge is 0.387 e. The molecule has 0 spiro atoms. The van der Waals surface area contributed by atoms with E-state index in [0.717, 1.165) is 31.5 Å². The average Bonchev–Trinajstić information content (AvgIpc) is 3.24. The fraction of sp³-hybridized carbons (Fsp3) is 0.467. The molecule has 2 unspecified atom stereocenters. The topological polar surface area (TPSA) is 79.2 Å². The third-order valence-corrected chi connectivity index (χ3v) is 4.57. The van der Waals surface area contributed by atoms with Gasteiger partial charge in [0.05, 0.1) is 12.1 Å². The number of thiophene rings is 1. The molecule has 6 nitrogen and oxygen atoms in total. The molecular weight excluding hydrogens is 336 g/mol. The fourth-order valence-corrected chi connectivity index (χ4v) is 3.29. The number of hydrogen-bond acceptors (Lipinski definition) is 5. The van der Waals surface area contributed by atoms with Gasteiger partial charge in [-0.05, 0) is 47.8 Å². The minimum Gasteiger partial charge on any atom is -0.387 e. The highest BCUT2D eigenvalue weighted by atomic mass is 35.5. The number of carbonyl (C=O) groups is 1. The zero-order chi connectivity index (χ0) is 15.4. The van der Waals surface area contributed by atoms with Gasteiger partial charge in [-0.3, -0.25) is 9.48 Å². The van der Waals surface area contributed by atoms with Gasteiger partial charge in [0.2, 0.25) is 0 Å². The zero-order valence-corrected chi connectivity index (χ0v) is 14.3. The Hall–Kier alpha value is -1.41. The summed E-state index contributed by atoms with van der Waals surface area (Å²) in [5.74, 6) is -0.253. The normalized spacial score (nSPS) is 18.9. The fourth-order valence-electron chi connectivity index (χ4n) is 2.58. The van der Waals surface area contributed by atoms with Crippen molar-refractivity contribution in [1.29, 1.82) is 0 Å². The SMILES string of the molecule is Cl.O=C(NCC(O)c1ccsc1)c1ccn(C2CCCNC2)n1. The maximum absolute atomic E-state index is 12.1. The molecule has 1 aliphatic heterocycles. The van der Waals surface area contributed by atoms with Crippen molar-refractivity contribution < 1.29 is 9.90 Å². The molecule has 2 atom stereocenters. The molecular formula is C15H21ClN4O2S. The first kappa shape index (κ1) is 17.9. The molecule has 3 N–H and O–H groups in total. The van der Waals surface area contributed by atoms with E-state index in [-0.39, 0.29) is 24.9 Å². The number of aromatic nitrogens is 2. The Kier molecular flexibility index (Phi) is 6.59. The maximum Gasteiger partial charge on any atom is 0.271 e.